The maximum Gasteiger partial charge on any atom is 0.270 e. The van der Waals surface area contributed by atoms with E-state index in [2.05, 4.69) is 70.8 Å². The van der Waals surface area contributed by atoms with E-state index in [4.69, 9.17) is 9.72 Å². The number of thiazole rings is 1. The molecule has 14 nitrogen and oxygen atoms in total. The summed E-state index contributed by atoms with van der Waals surface area (Å²) >= 11 is 1.39. The highest BCUT2D eigenvalue weighted by atomic mass is 32.1. The normalized spacial score (nSPS) is 21.0. The second-order valence-electron chi connectivity index (χ2n) is 15.7. The van der Waals surface area contributed by atoms with E-state index in [1.165, 1.54) is 11.3 Å². The Hall–Kier alpha value is -3.95. The van der Waals surface area contributed by atoms with Gasteiger partial charge in [0.1, 0.15) is 28.6 Å². The largest absolute Gasteiger partial charge is 0.508 e. The van der Waals surface area contributed by atoms with E-state index in [-0.39, 0.29) is 59.4 Å². The molecule has 302 valence electrons. The van der Waals surface area contributed by atoms with Crippen LogP contribution in [0.2, 0.25) is 0 Å². The number of piperidine rings is 1. The third kappa shape index (κ3) is 10.5. The highest BCUT2D eigenvalue weighted by molar-refractivity contribution is 7.09. The lowest BCUT2D eigenvalue weighted by Crippen LogP contribution is -2.58. The first-order valence-corrected chi connectivity index (χ1v) is 21.1. The topological polar surface area (TPSA) is 179 Å². The van der Waals surface area contributed by atoms with Crippen molar-refractivity contribution < 1.29 is 24.2 Å². The van der Waals surface area contributed by atoms with Gasteiger partial charge in [-0.2, -0.15) is 5.21 Å². The molecule has 3 aromatic rings. The van der Waals surface area contributed by atoms with Crippen molar-refractivity contribution in [3.8, 4) is 5.75 Å². The summed E-state index contributed by atoms with van der Waals surface area (Å²) in [7, 11) is 1.99. The van der Waals surface area contributed by atoms with Gasteiger partial charge in [0.15, 0.2) is 5.82 Å². The maximum atomic E-state index is 14.7. The van der Waals surface area contributed by atoms with E-state index in [0.29, 0.717) is 48.9 Å². The number of fused-ring (bicyclic) bond motifs is 1. The summed E-state index contributed by atoms with van der Waals surface area (Å²) < 4.78 is 6.46. The summed E-state index contributed by atoms with van der Waals surface area (Å²) in [5.41, 5.74) is 2.23. The van der Waals surface area contributed by atoms with E-state index in [0.717, 1.165) is 56.2 Å². The van der Waals surface area contributed by atoms with Crippen molar-refractivity contribution in [3.05, 3.63) is 51.2 Å². The van der Waals surface area contributed by atoms with Crippen LogP contribution in [0.25, 0.3) is 0 Å². The highest BCUT2D eigenvalue weighted by Crippen LogP contribution is 2.37. The van der Waals surface area contributed by atoms with E-state index in [1.807, 2.05) is 24.9 Å². The number of carbonyl (C=O) groups is 3. The molecule has 3 amide bonds. The molecular formula is C40H61N9O5S. The summed E-state index contributed by atoms with van der Waals surface area (Å²) in [6, 6.07) is 3.97. The number of ether oxygens (including phenoxy) is 1. The zero-order valence-corrected chi connectivity index (χ0v) is 34.4. The maximum absolute atomic E-state index is 14.7. The third-order valence-corrected chi connectivity index (χ3v) is 12.2. The predicted octanol–water partition coefficient (Wildman–Crippen LogP) is 5.37. The van der Waals surface area contributed by atoms with Crippen molar-refractivity contribution in [1.29, 1.82) is 0 Å². The van der Waals surface area contributed by atoms with Gasteiger partial charge in [-0.25, -0.2) is 4.98 Å². The molecule has 7 atom stereocenters. The number of aromatic nitrogens is 5. The minimum Gasteiger partial charge on any atom is -0.508 e. The molecule has 0 radical (unpaired) electrons. The van der Waals surface area contributed by atoms with Gasteiger partial charge >= 0.3 is 0 Å². The fourth-order valence-corrected chi connectivity index (χ4v) is 8.86. The summed E-state index contributed by atoms with van der Waals surface area (Å²) in [6.07, 6.45) is 6.39. The molecule has 4 N–H and O–H groups in total. The first kappa shape index (κ1) is 42.2. The standard InChI is InChI=1S/C40H61N9O5S/c1-8-16-49(40(53)35(25(6)10-3)43-38(52)32-13-11-12-17-48(32)7)33(24(4)5)22-34(54-18-9-2)39-42-31(23-55-39)37(51)41-27-19-26-14-15-28(50)21-29(26)30(20-27)36-44-46-47-45-36/h14-15,21,23-25,27,30,32-35,50H,8-13,16-20,22H2,1-7H3,(H,41,51)(H,43,52)(H,44,45,46,47)/t25-,27-,30+,32+,33+,34+,35-/m0/s1. The smallest absolute Gasteiger partial charge is 0.270 e. The van der Waals surface area contributed by atoms with Gasteiger partial charge in [0.05, 0.1) is 12.0 Å². The van der Waals surface area contributed by atoms with Crippen LogP contribution in [-0.2, 0) is 20.7 Å². The number of amides is 3. The van der Waals surface area contributed by atoms with E-state index < -0.39 is 12.1 Å². The zero-order valence-electron chi connectivity index (χ0n) is 33.6. The van der Waals surface area contributed by atoms with Crippen LogP contribution < -0.4 is 10.6 Å². The average molecular weight is 780 g/mol. The fourth-order valence-electron chi connectivity index (χ4n) is 8.00. The van der Waals surface area contributed by atoms with Crippen LogP contribution in [0.15, 0.2) is 23.6 Å². The molecule has 2 aliphatic rings. The monoisotopic (exact) mass is 779 g/mol. The van der Waals surface area contributed by atoms with Gasteiger partial charge in [-0.3, -0.25) is 19.3 Å². The number of phenolic OH excluding ortho intramolecular Hbond substituents is 1. The summed E-state index contributed by atoms with van der Waals surface area (Å²) in [4.78, 5) is 50.9. The average Bonchev–Trinajstić information content (AvgIpc) is 3.90. The van der Waals surface area contributed by atoms with E-state index in [9.17, 15) is 19.5 Å². The number of nitrogens with one attached hydrogen (secondary N) is 3. The number of hydrogen-bond acceptors (Lipinski definition) is 11. The molecule has 0 bridgehead atoms. The van der Waals surface area contributed by atoms with Gasteiger partial charge < -0.3 is 25.4 Å². The van der Waals surface area contributed by atoms with Crippen LogP contribution in [-0.4, -0.2) is 109 Å². The highest BCUT2D eigenvalue weighted by Gasteiger charge is 2.38. The van der Waals surface area contributed by atoms with Crippen molar-refractivity contribution in [2.75, 3.05) is 26.7 Å². The second-order valence-corrected chi connectivity index (χ2v) is 16.6. The molecule has 1 aromatic carbocycles. The number of tetrazole rings is 1. The van der Waals surface area contributed by atoms with Crippen LogP contribution in [0.5, 0.6) is 5.75 Å². The van der Waals surface area contributed by atoms with Crippen molar-refractivity contribution >= 4 is 29.1 Å². The first-order valence-electron chi connectivity index (χ1n) is 20.2. The molecule has 0 spiro atoms. The second kappa shape index (κ2) is 19.8. The number of likely N-dealkylation sites (N-methyl/N-ethyl adjacent to an activating group) is 1. The number of aromatic amines is 1. The number of rotatable bonds is 18. The molecule has 1 fully saturated rings. The van der Waals surface area contributed by atoms with Crippen LogP contribution in [0.4, 0.5) is 0 Å². The number of phenols is 1. The van der Waals surface area contributed by atoms with Gasteiger partial charge in [-0.1, -0.05) is 65.7 Å². The lowest BCUT2D eigenvalue weighted by Gasteiger charge is -2.40. The lowest BCUT2D eigenvalue weighted by atomic mass is 9.79. The van der Waals surface area contributed by atoms with Gasteiger partial charge in [0.25, 0.3) is 5.91 Å². The van der Waals surface area contributed by atoms with E-state index >= 15 is 0 Å². The quantitative estimate of drug-likeness (QED) is 0.131. The Balaban J connectivity index is 1.33. The van der Waals surface area contributed by atoms with Crippen LogP contribution in [0.3, 0.4) is 0 Å². The third-order valence-electron chi connectivity index (χ3n) is 11.3. The van der Waals surface area contributed by atoms with E-state index in [1.54, 1.807) is 17.5 Å². The van der Waals surface area contributed by atoms with Crippen LogP contribution in [0.1, 0.15) is 137 Å². The van der Waals surface area contributed by atoms with Gasteiger partial charge in [-0.05, 0) is 87.2 Å². The molecule has 1 saturated heterocycles. The number of aromatic hydroxyl groups is 1. The van der Waals surface area contributed by atoms with Gasteiger partial charge in [0, 0.05) is 37.0 Å². The first-order chi connectivity index (χ1) is 26.4. The SMILES string of the molecule is CCCO[C@H](C[C@H](C(C)C)N(CCC)C(=O)[C@@H](NC(=O)[C@H]1CCCCN1C)[C@@H](C)CC)c1nc(C(=O)N[C@H]2Cc3ccc(O)cc3[C@H](c3nn[nH]n3)C2)cs1. The molecular weight excluding hydrogens is 719 g/mol. The molecule has 0 saturated carbocycles. The zero-order chi connectivity index (χ0) is 39.6. The Kier molecular flexibility index (Phi) is 15.2. The number of likely N-dealkylation sites (tertiary alicyclic amines) is 1. The molecule has 15 heteroatoms. The molecule has 1 aliphatic carbocycles. The Morgan fingerprint density at radius 2 is 1.95 bits per heavy atom. The molecule has 2 aromatic heterocycles. The Morgan fingerprint density at radius 1 is 1.15 bits per heavy atom. The Bertz CT molecular complexity index is 1700. The lowest BCUT2D eigenvalue weighted by molar-refractivity contribution is -0.143. The molecule has 55 heavy (non-hydrogen) atoms. The van der Waals surface area contributed by atoms with Crippen molar-refractivity contribution in [3.63, 3.8) is 0 Å². The number of hydrogen-bond donors (Lipinski definition) is 4. The van der Waals surface area contributed by atoms with Crippen molar-refractivity contribution in [2.45, 2.75) is 136 Å². The molecule has 0 unspecified atom stereocenters. The van der Waals surface area contributed by atoms with Crippen molar-refractivity contribution in [1.82, 2.24) is 46.0 Å². The fraction of sp³-hybridized carbons (Fsp3) is 0.675. The number of H-pyrrole nitrogens is 1. The molecule has 1 aliphatic heterocycles. The summed E-state index contributed by atoms with van der Waals surface area (Å²) in [5.74, 6) is 0.0515. The number of benzene rings is 1. The van der Waals surface area contributed by atoms with Crippen molar-refractivity contribution in [2.24, 2.45) is 11.8 Å². The van der Waals surface area contributed by atoms with Crippen LogP contribution >= 0.6 is 11.3 Å². The van der Waals surface area contributed by atoms with Gasteiger partial charge in [0.2, 0.25) is 11.8 Å². The Morgan fingerprint density at radius 3 is 2.62 bits per heavy atom. The molecule has 3 heterocycles. The molecule has 5 rings (SSSR count). The Labute approximate surface area is 329 Å². The minimum atomic E-state index is -0.636. The van der Waals surface area contributed by atoms with Crippen LogP contribution in [0, 0.1) is 11.8 Å². The predicted molar refractivity (Wildman–Crippen MR) is 212 cm³/mol. The number of carbonyl (C=O) groups excluding carboxylic acids is 3. The summed E-state index contributed by atoms with van der Waals surface area (Å²) in [6.45, 7) is 14.4. The van der Waals surface area contributed by atoms with Gasteiger partial charge in [-0.15, -0.1) is 21.5 Å². The number of nitrogens with zero attached hydrogens (tertiary/aromatic N) is 6. The minimum absolute atomic E-state index is 0.0445. The summed E-state index contributed by atoms with van der Waals surface area (Å²) in [5, 5.41) is 33.7.